The minimum absolute atomic E-state index is 0.0750. The third-order valence-electron chi connectivity index (χ3n) is 7.06. The lowest BCUT2D eigenvalue weighted by molar-refractivity contribution is -0.345. The second-order valence-electron chi connectivity index (χ2n) is 10.4. The summed E-state index contributed by atoms with van der Waals surface area (Å²) in [5.74, 6) is -36.7. The summed E-state index contributed by atoms with van der Waals surface area (Å²) in [6.45, 7) is 2.14. The highest BCUT2D eigenvalue weighted by molar-refractivity contribution is 7.15. The standard InChI is InChI=1S/C32H22Cl2F8N2O6S2/c1-3-49-25(45)21-19(15-5-9-17(33)10-6-15)13-51-23(21)43-27(47)29(35,36)31(39,40)32(41,42)30(37,38)28(48)44-24-22(26(46)50-4-2)20(14-52-24)16-7-11-18(34)12-8-16/h5-14H,3-4H2,1-2H3,(H,43,47)(H,44,48). The lowest BCUT2D eigenvalue weighted by Crippen LogP contribution is -2.67. The lowest BCUT2D eigenvalue weighted by Gasteiger charge is -2.35. The van der Waals surface area contributed by atoms with Crippen LogP contribution in [0.5, 0.6) is 0 Å². The van der Waals surface area contributed by atoms with Crippen LogP contribution in [0.3, 0.4) is 0 Å². The van der Waals surface area contributed by atoms with Crippen LogP contribution in [-0.4, -0.2) is 60.7 Å². The maximum absolute atomic E-state index is 15.0. The Bertz CT molecular complexity index is 1850. The van der Waals surface area contributed by atoms with Crippen LogP contribution >= 0.6 is 45.9 Å². The highest BCUT2D eigenvalue weighted by Gasteiger charge is 2.84. The van der Waals surface area contributed by atoms with Gasteiger partial charge < -0.3 is 20.1 Å². The highest BCUT2D eigenvalue weighted by Crippen LogP contribution is 2.54. The molecule has 2 N–H and O–H groups in total. The van der Waals surface area contributed by atoms with E-state index in [-0.39, 0.29) is 45.5 Å². The minimum atomic E-state index is -7.25. The Kier molecular flexibility index (Phi) is 12.0. The molecule has 0 radical (unpaired) electrons. The summed E-state index contributed by atoms with van der Waals surface area (Å²) < 4.78 is 130. The van der Waals surface area contributed by atoms with E-state index < -0.39 is 68.6 Å². The van der Waals surface area contributed by atoms with Gasteiger partial charge in [-0.1, -0.05) is 47.5 Å². The van der Waals surface area contributed by atoms with Crippen molar-refractivity contribution in [3.8, 4) is 22.3 Å². The number of carbonyl (C=O) groups excluding carboxylic acids is 4. The van der Waals surface area contributed by atoms with Gasteiger partial charge in [0.1, 0.15) is 21.1 Å². The number of carbonyl (C=O) groups is 4. The third-order valence-corrected chi connectivity index (χ3v) is 9.35. The monoisotopic (exact) mass is 816 g/mol. The average Bonchev–Trinajstić information content (AvgIpc) is 3.69. The first-order valence-corrected chi connectivity index (χ1v) is 17.0. The van der Waals surface area contributed by atoms with Crippen molar-refractivity contribution in [1.82, 2.24) is 0 Å². The molecule has 4 rings (SSSR count). The SMILES string of the molecule is CCOC(=O)c1c(-c2ccc(Cl)cc2)csc1NC(=O)C(F)(F)C(F)(F)C(F)(F)C(F)(F)C(=O)Nc1scc(-c2ccc(Cl)cc2)c1C(=O)OCC. The molecule has 2 amide bonds. The van der Waals surface area contributed by atoms with E-state index in [2.05, 4.69) is 0 Å². The number of halogens is 10. The summed E-state index contributed by atoms with van der Waals surface area (Å²) in [5, 5.41) is 3.42. The quantitative estimate of drug-likeness (QED) is 0.103. The third kappa shape index (κ3) is 7.47. The lowest BCUT2D eigenvalue weighted by atomic mass is 9.97. The molecule has 4 aromatic rings. The Morgan fingerprint density at radius 1 is 0.596 bits per heavy atom. The summed E-state index contributed by atoms with van der Waals surface area (Å²) in [6, 6.07) is 10.9. The summed E-state index contributed by atoms with van der Waals surface area (Å²) in [7, 11) is 0. The largest absolute Gasteiger partial charge is 0.462 e. The number of thiophene rings is 2. The maximum atomic E-state index is 15.0. The molecule has 8 nitrogen and oxygen atoms in total. The number of hydrogen-bond acceptors (Lipinski definition) is 8. The average molecular weight is 818 g/mol. The van der Waals surface area contributed by atoms with Crippen molar-refractivity contribution < 1.29 is 63.8 Å². The van der Waals surface area contributed by atoms with Crippen molar-refractivity contribution in [2.45, 2.75) is 37.5 Å². The molecule has 0 aliphatic rings. The van der Waals surface area contributed by atoms with Crippen molar-refractivity contribution in [2.24, 2.45) is 0 Å². The van der Waals surface area contributed by atoms with Gasteiger partial charge in [0.25, 0.3) is 0 Å². The molecule has 278 valence electrons. The zero-order valence-electron chi connectivity index (χ0n) is 26.2. The summed E-state index contributed by atoms with van der Waals surface area (Å²) >= 11 is 12.3. The summed E-state index contributed by atoms with van der Waals surface area (Å²) in [6.07, 6.45) is 0. The van der Waals surface area contributed by atoms with E-state index in [1.165, 1.54) is 73.0 Å². The second kappa shape index (κ2) is 15.4. The summed E-state index contributed by atoms with van der Waals surface area (Å²) in [4.78, 5) is 50.5. The molecule has 20 heteroatoms. The fraction of sp³-hybridized carbons (Fsp3) is 0.250. The molecule has 0 fully saturated rings. The van der Waals surface area contributed by atoms with Crippen LogP contribution in [-0.2, 0) is 19.1 Å². The van der Waals surface area contributed by atoms with E-state index in [1.807, 2.05) is 0 Å². The molecule has 52 heavy (non-hydrogen) atoms. The number of anilines is 2. The van der Waals surface area contributed by atoms with Gasteiger partial charge >= 0.3 is 47.4 Å². The number of amides is 2. The van der Waals surface area contributed by atoms with E-state index in [1.54, 1.807) is 0 Å². The van der Waals surface area contributed by atoms with E-state index in [0.29, 0.717) is 22.7 Å². The van der Waals surface area contributed by atoms with Gasteiger partial charge in [-0.2, -0.15) is 35.1 Å². The minimum Gasteiger partial charge on any atom is -0.462 e. The second-order valence-corrected chi connectivity index (χ2v) is 13.0. The predicted octanol–water partition coefficient (Wildman–Crippen LogP) is 9.92. The van der Waals surface area contributed by atoms with Crippen molar-refractivity contribution >= 4 is 79.6 Å². The van der Waals surface area contributed by atoms with Crippen LogP contribution in [0.25, 0.3) is 22.3 Å². The van der Waals surface area contributed by atoms with E-state index in [0.717, 1.165) is 10.8 Å². The Balaban J connectivity index is 1.65. The van der Waals surface area contributed by atoms with Gasteiger partial charge in [-0.15, -0.1) is 22.7 Å². The smallest absolute Gasteiger partial charge is 0.393 e. The number of hydrogen-bond donors (Lipinski definition) is 2. The molecule has 0 atom stereocenters. The number of ether oxygens (including phenoxy) is 2. The van der Waals surface area contributed by atoms with E-state index in [4.69, 9.17) is 32.7 Å². The van der Waals surface area contributed by atoms with Crippen LogP contribution in [0.15, 0.2) is 59.3 Å². The van der Waals surface area contributed by atoms with Crippen molar-refractivity contribution in [2.75, 3.05) is 23.8 Å². The normalized spacial score (nSPS) is 12.3. The molecular formula is C32H22Cl2F8N2O6S2. The molecule has 0 spiro atoms. The summed E-state index contributed by atoms with van der Waals surface area (Å²) in [5.41, 5.74) is -1.04. The fourth-order valence-electron chi connectivity index (χ4n) is 4.44. The van der Waals surface area contributed by atoms with Crippen LogP contribution < -0.4 is 10.6 Å². The van der Waals surface area contributed by atoms with Gasteiger partial charge in [0, 0.05) is 31.9 Å². The Labute approximate surface area is 306 Å². The molecule has 0 saturated heterocycles. The van der Waals surface area contributed by atoms with E-state index in [9.17, 15) is 36.7 Å². The molecule has 0 saturated carbocycles. The van der Waals surface area contributed by atoms with E-state index >= 15 is 17.6 Å². The Morgan fingerprint density at radius 3 is 1.19 bits per heavy atom. The molecule has 0 bridgehead atoms. The number of alkyl halides is 8. The van der Waals surface area contributed by atoms with Gasteiger partial charge in [0.15, 0.2) is 0 Å². The first-order chi connectivity index (χ1) is 24.2. The number of esters is 2. The Hall–Kier alpha value is -4.26. The molecule has 2 heterocycles. The highest BCUT2D eigenvalue weighted by atomic mass is 35.5. The van der Waals surface area contributed by atoms with Gasteiger partial charge in [0.05, 0.1) is 13.2 Å². The first-order valence-electron chi connectivity index (χ1n) is 14.5. The van der Waals surface area contributed by atoms with Crippen LogP contribution in [0, 0.1) is 0 Å². The van der Waals surface area contributed by atoms with Crippen LogP contribution in [0.1, 0.15) is 34.6 Å². The van der Waals surface area contributed by atoms with Crippen molar-refractivity contribution in [3.63, 3.8) is 0 Å². The van der Waals surface area contributed by atoms with Gasteiger partial charge in [-0.05, 0) is 49.2 Å². The van der Waals surface area contributed by atoms with Crippen LogP contribution in [0.2, 0.25) is 10.0 Å². The van der Waals surface area contributed by atoms with Crippen molar-refractivity contribution in [3.05, 3.63) is 80.5 Å². The van der Waals surface area contributed by atoms with Crippen LogP contribution in [0.4, 0.5) is 45.1 Å². The zero-order chi connectivity index (χ0) is 38.8. The molecule has 2 aromatic heterocycles. The topological polar surface area (TPSA) is 111 Å². The molecule has 0 aliphatic heterocycles. The maximum Gasteiger partial charge on any atom is 0.393 e. The first kappa shape index (κ1) is 40.5. The van der Waals surface area contributed by atoms with Crippen molar-refractivity contribution in [1.29, 1.82) is 0 Å². The number of benzene rings is 2. The number of nitrogens with one attached hydrogen (secondary N) is 2. The van der Waals surface area contributed by atoms with Gasteiger partial charge in [-0.3, -0.25) is 9.59 Å². The molecule has 2 aromatic carbocycles. The fourth-order valence-corrected chi connectivity index (χ4v) is 6.59. The van der Waals surface area contributed by atoms with Gasteiger partial charge in [-0.25, -0.2) is 9.59 Å². The molecule has 0 unspecified atom stereocenters. The zero-order valence-corrected chi connectivity index (χ0v) is 29.4. The number of rotatable bonds is 13. The van der Waals surface area contributed by atoms with Gasteiger partial charge in [0.2, 0.25) is 0 Å². The predicted molar refractivity (Wildman–Crippen MR) is 178 cm³/mol. The molecular weight excluding hydrogens is 795 g/mol. The Morgan fingerprint density at radius 2 is 0.904 bits per heavy atom. The molecule has 0 aliphatic carbocycles.